The normalized spacial score (nSPS) is 15.2. The van der Waals surface area contributed by atoms with Gasteiger partial charge in [-0.15, -0.1) is 0 Å². The number of nitrogens with zero attached hydrogens (tertiary/aromatic N) is 1. The first-order valence-corrected chi connectivity index (χ1v) is 6.24. The van der Waals surface area contributed by atoms with Crippen molar-refractivity contribution in [1.82, 2.24) is 0 Å². The molecule has 2 rings (SSSR count). The minimum atomic E-state index is -4.09. The van der Waals surface area contributed by atoms with Crippen molar-refractivity contribution in [2.45, 2.75) is 17.7 Å². The van der Waals surface area contributed by atoms with Crippen molar-refractivity contribution in [2.75, 3.05) is 18.5 Å². The molecule has 4 nitrogen and oxygen atoms in total. The van der Waals surface area contributed by atoms with Crippen LogP contribution in [0.15, 0.2) is 23.1 Å². The Kier molecular flexibility index (Phi) is 4.42. The van der Waals surface area contributed by atoms with E-state index in [0.29, 0.717) is 0 Å². The molecule has 0 amide bonds. The molecule has 0 saturated heterocycles. The second-order valence-electron chi connectivity index (χ2n) is 3.79. The van der Waals surface area contributed by atoms with Crippen molar-refractivity contribution >= 4 is 15.8 Å². The Morgan fingerprint density at radius 2 is 2.12 bits per heavy atom. The number of rotatable bonds is 1. The summed E-state index contributed by atoms with van der Waals surface area (Å²) in [5.74, 6) is 0. The summed E-state index contributed by atoms with van der Waals surface area (Å²) < 4.78 is 30.9. The molecule has 1 aromatic rings. The first kappa shape index (κ1) is 14.0. The maximum atomic E-state index is 11.0. The van der Waals surface area contributed by atoms with E-state index in [1.807, 2.05) is 11.9 Å². The standard InChI is InChI=1S/C10H13NO3S.Na.H/c1-11-6-2-3-8-4-5-9(7-10(8)11)15(12,13)14;;/h4-5,7H,2-3,6H2,1H3,(H,12,13,14);;/q;+1;-1. The molecule has 1 heterocycles. The van der Waals surface area contributed by atoms with Crippen molar-refractivity contribution in [3.05, 3.63) is 23.8 Å². The van der Waals surface area contributed by atoms with Gasteiger partial charge in [0.25, 0.3) is 10.1 Å². The Labute approximate surface area is 119 Å². The molecule has 0 radical (unpaired) electrons. The third kappa shape index (κ3) is 2.78. The number of anilines is 1. The molecule has 0 atom stereocenters. The molecule has 0 aromatic heterocycles. The van der Waals surface area contributed by atoms with Crippen LogP contribution >= 0.6 is 0 Å². The zero-order chi connectivity index (χ0) is 11.1. The fourth-order valence-electron chi connectivity index (χ4n) is 1.90. The number of hydrogen-bond donors (Lipinski definition) is 1. The van der Waals surface area contributed by atoms with Crippen LogP contribution in [0.5, 0.6) is 0 Å². The third-order valence-electron chi connectivity index (χ3n) is 2.71. The molecule has 0 spiro atoms. The summed E-state index contributed by atoms with van der Waals surface area (Å²) in [6.07, 6.45) is 2.04. The molecule has 0 unspecified atom stereocenters. The number of benzene rings is 1. The van der Waals surface area contributed by atoms with E-state index in [4.69, 9.17) is 4.55 Å². The van der Waals surface area contributed by atoms with Gasteiger partial charge in [0.1, 0.15) is 0 Å². The Morgan fingerprint density at radius 1 is 1.44 bits per heavy atom. The van der Waals surface area contributed by atoms with Crippen molar-refractivity contribution in [1.29, 1.82) is 0 Å². The minimum absolute atomic E-state index is 0. The second-order valence-corrected chi connectivity index (χ2v) is 5.21. The Balaban J connectivity index is 0.00000128. The van der Waals surface area contributed by atoms with Crippen LogP contribution in [0.1, 0.15) is 13.4 Å². The Bertz CT molecular complexity index is 492. The van der Waals surface area contributed by atoms with Gasteiger partial charge < -0.3 is 6.33 Å². The van der Waals surface area contributed by atoms with Gasteiger partial charge in [0, 0.05) is 19.3 Å². The van der Waals surface area contributed by atoms with Crippen LogP contribution < -0.4 is 34.5 Å². The largest absolute Gasteiger partial charge is 1.00 e. The zero-order valence-corrected chi connectivity index (χ0v) is 12.3. The molecule has 1 aliphatic rings. The summed E-state index contributed by atoms with van der Waals surface area (Å²) in [6, 6.07) is 4.76. The van der Waals surface area contributed by atoms with Crippen LogP contribution in [0.3, 0.4) is 0 Å². The Hall–Kier alpha value is -0.0700. The number of aryl methyl sites for hydroxylation is 1. The molecule has 0 bridgehead atoms. The summed E-state index contributed by atoms with van der Waals surface area (Å²) >= 11 is 0. The molecular formula is C10H14NNaO3S. The quantitative estimate of drug-likeness (QED) is 0.484. The topological polar surface area (TPSA) is 57.6 Å². The average molecular weight is 251 g/mol. The van der Waals surface area contributed by atoms with Crippen LogP contribution in [0.25, 0.3) is 0 Å². The van der Waals surface area contributed by atoms with Gasteiger partial charge >= 0.3 is 29.6 Å². The van der Waals surface area contributed by atoms with Crippen LogP contribution in [-0.4, -0.2) is 26.6 Å². The molecule has 16 heavy (non-hydrogen) atoms. The van der Waals surface area contributed by atoms with E-state index in [1.54, 1.807) is 6.07 Å². The van der Waals surface area contributed by atoms with Crippen molar-refractivity contribution in [3.63, 3.8) is 0 Å². The maximum Gasteiger partial charge on any atom is 1.00 e. The average Bonchev–Trinajstić information content (AvgIpc) is 2.16. The smallest absolute Gasteiger partial charge is 1.00 e. The van der Waals surface area contributed by atoms with E-state index >= 15 is 0 Å². The molecule has 1 aromatic carbocycles. The molecule has 1 aliphatic heterocycles. The van der Waals surface area contributed by atoms with Gasteiger partial charge in [-0.3, -0.25) is 4.55 Å². The van der Waals surface area contributed by atoms with Gasteiger partial charge in [0.05, 0.1) is 4.90 Å². The molecule has 6 heteroatoms. The van der Waals surface area contributed by atoms with Gasteiger partial charge in [0.2, 0.25) is 0 Å². The molecule has 0 aliphatic carbocycles. The Morgan fingerprint density at radius 3 is 2.75 bits per heavy atom. The zero-order valence-electron chi connectivity index (χ0n) is 10.5. The SMILES string of the molecule is CN1CCCc2ccc(S(=O)(=O)O)cc21.[H-].[Na+]. The van der Waals surface area contributed by atoms with E-state index < -0.39 is 10.1 Å². The van der Waals surface area contributed by atoms with Crippen LogP contribution in [-0.2, 0) is 16.5 Å². The molecule has 1 N–H and O–H groups in total. The van der Waals surface area contributed by atoms with Gasteiger partial charge in [0.15, 0.2) is 0 Å². The molecular weight excluding hydrogens is 237 g/mol. The monoisotopic (exact) mass is 251 g/mol. The van der Waals surface area contributed by atoms with Crippen molar-refractivity contribution in [2.24, 2.45) is 0 Å². The number of hydrogen-bond acceptors (Lipinski definition) is 3. The first-order valence-electron chi connectivity index (χ1n) is 4.80. The third-order valence-corrected chi connectivity index (χ3v) is 3.56. The van der Waals surface area contributed by atoms with Crippen LogP contribution in [0.4, 0.5) is 5.69 Å². The summed E-state index contributed by atoms with van der Waals surface area (Å²) in [5, 5.41) is 0. The predicted octanol–water partition coefficient (Wildman–Crippen LogP) is -1.57. The second kappa shape index (κ2) is 5.06. The minimum Gasteiger partial charge on any atom is -1.00 e. The fourth-order valence-corrected chi connectivity index (χ4v) is 2.40. The van der Waals surface area contributed by atoms with Gasteiger partial charge in [-0.1, -0.05) is 6.07 Å². The molecule has 84 valence electrons. The van der Waals surface area contributed by atoms with Gasteiger partial charge in [-0.05, 0) is 30.5 Å². The first-order chi connectivity index (χ1) is 6.98. The molecule has 0 saturated carbocycles. The maximum absolute atomic E-state index is 11.0. The molecule has 0 fully saturated rings. The van der Waals surface area contributed by atoms with E-state index in [9.17, 15) is 8.42 Å². The van der Waals surface area contributed by atoms with Gasteiger partial charge in [-0.2, -0.15) is 8.42 Å². The summed E-state index contributed by atoms with van der Waals surface area (Å²) in [7, 11) is -2.16. The van der Waals surface area contributed by atoms with E-state index in [2.05, 4.69) is 0 Å². The van der Waals surface area contributed by atoms with Crippen LogP contribution in [0.2, 0.25) is 0 Å². The van der Waals surface area contributed by atoms with E-state index in [0.717, 1.165) is 30.6 Å². The number of fused-ring (bicyclic) bond motifs is 1. The van der Waals surface area contributed by atoms with Crippen molar-refractivity contribution in [3.8, 4) is 0 Å². The van der Waals surface area contributed by atoms with E-state index in [-0.39, 0.29) is 35.9 Å². The summed E-state index contributed by atoms with van der Waals surface area (Å²) in [6.45, 7) is 0.919. The summed E-state index contributed by atoms with van der Waals surface area (Å²) in [5.41, 5.74) is 2.03. The van der Waals surface area contributed by atoms with E-state index in [1.165, 1.54) is 12.1 Å². The summed E-state index contributed by atoms with van der Waals surface area (Å²) in [4.78, 5) is 1.98. The predicted molar refractivity (Wildman–Crippen MR) is 59.0 cm³/mol. The van der Waals surface area contributed by atoms with Gasteiger partial charge in [-0.25, -0.2) is 0 Å². The van der Waals surface area contributed by atoms with Crippen LogP contribution in [0, 0.1) is 0 Å². The fraction of sp³-hybridized carbons (Fsp3) is 0.400. The van der Waals surface area contributed by atoms with Crippen molar-refractivity contribution < 1.29 is 44.0 Å².